The summed E-state index contributed by atoms with van der Waals surface area (Å²) in [6.45, 7) is 3.23. The van der Waals surface area contributed by atoms with Crippen LogP contribution in [0.1, 0.15) is 34.3 Å². The molecule has 13 heteroatoms. The highest BCUT2D eigenvalue weighted by Gasteiger charge is 2.34. The van der Waals surface area contributed by atoms with Gasteiger partial charge in [0, 0.05) is 30.6 Å². The second-order valence-corrected chi connectivity index (χ2v) is 9.59. The van der Waals surface area contributed by atoms with E-state index >= 15 is 0 Å². The number of alkyl halides is 3. The topological polar surface area (TPSA) is 114 Å². The molecule has 0 saturated carbocycles. The molecule has 2 aromatic heterocycles. The lowest BCUT2D eigenvalue weighted by Gasteiger charge is -2.24. The number of nitrogens with zero attached hydrogens (tertiary/aromatic N) is 5. The number of anilines is 4. The van der Waals surface area contributed by atoms with Gasteiger partial charge in [-0.15, -0.1) is 0 Å². The summed E-state index contributed by atoms with van der Waals surface area (Å²) < 4.78 is 50.5. The van der Waals surface area contributed by atoms with E-state index in [2.05, 4.69) is 30.5 Å². The molecule has 41 heavy (non-hydrogen) atoms. The fraction of sp³-hybridized carbons (Fsp3) is 0.321. The number of hydrogen-bond acceptors (Lipinski definition) is 9. The number of carbonyl (C=O) groups is 1. The molecule has 0 aliphatic carbocycles. The molecule has 1 aliphatic rings. The van der Waals surface area contributed by atoms with E-state index in [4.69, 9.17) is 14.5 Å². The van der Waals surface area contributed by atoms with E-state index in [0.717, 1.165) is 44.2 Å². The van der Waals surface area contributed by atoms with Gasteiger partial charge in [-0.1, -0.05) is 6.07 Å². The summed E-state index contributed by atoms with van der Waals surface area (Å²) >= 11 is 0. The molecule has 0 unspecified atom stereocenters. The Kier molecular flexibility index (Phi) is 7.88. The fourth-order valence-electron chi connectivity index (χ4n) is 4.78. The predicted molar refractivity (Wildman–Crippen MR) is 148 cm³/mol. The fourth-order valence-corrected chi connectivity index (χ4v) is 4.78. The number of fused-ring (bicyclic) bond motifs is 1. The van der Waals surface area contributed by atoms with Crippen molar-refractivity contribution in [1.29, 1.82) is 0 Å². The number of amides is 1. The van der Waals surface area contributed by atoms with Crippen molar-refractivity contribution < 1.29 is 27.4 Å². The predicted octanol–water partition coefficient (Wildman–Crippen LogP) is 5.37. The molecular weight excluding hydrogens is 539 g/mol. The van der Waals surface area contributed by atoms with Crippen LogP contribution in [0.15, 0.2) is 48.9 Å². The Balaban J connectivity index is 1.41. The largest absolute Gasteiger partial charge is 0.496 e. The number of methoxy groups -OCH3 is 2. The quantitative estimate of drug-likeness (QED) is 0.290. The molecule has 2 N–H and O–H groups in total. The van der Waals surface area contributed by atoms with Crippen LogP contribution in [0.4, 0.5) is 36.3 Å². The summed E-state index contributed by atoms with van der Waals surface area (Å²) in [5.74, 6) is 0.0614. The van der Waals surface area contributed by atoms with Crippen LogP contribution >= 0.6 is 0 Å². The lowest BCUT2D eigenvalue weighted by Crippen LogP contribution is -2.34. The SMILES string of the molecule is COC[C@@H]1CCCN1c1ncc2ncnc(Nc3cc(C(=O)Nc4ccc(OC)c(C(F)(F)F)c4)ccc3C)c2n1. The smallest absolute Gasteiger partial charge is 0.420 e. The number of benzene rings is 2. The van der Waals surface area contributed by atoms with Gasteiger partial charge in [-0.05, 0) is 55.7 Å². The van der Waals surface area contributed by atoms with Gasteiger partial charge < -0.3 is 25.0 Å². The van der Waals surface area contributed by atoms with Gasteiger partial charge in [0.05, 0.1) is 31.5 Å². The zero-order valence-corrected chi connectivity index (χ0v) is 22.6. The molecule has 3 heterocycles. The van der Waals surface area contributed by atoms with Gasteiger partial charge >= 0.3 is 6.18 Å². The molecule has 214 valence electrons. The molecule has 0 spiro atoms. The average molecular weight is 568 g/mol. The maximum atomic E-state index is 13.4. The molecule has 1 aliphatic heterocycles. The van der Waals surface area contributed by atoms with Crippen molar-refractivity contribution in [1.82, 2.24) is 19.9 Å². The van der Waals surface area contributed by atoms with E-state index in [1.165, 1.54) is 12.4 Å². The van der Waals surface area contributed by atoms with Crippen molar-refractivity contribution >= 4 is 40.1 Å². The molecule has 10 nitrogen and oxygen atoms in total. The average Bonchev–Trinajstić information content (AvgIpc) is 3.42. The van der Waals surface area contributed by atoms with E-state index in [1.807, 2.05) is 6.92 Å². The highest BCUT2D eigenvalue weighted by atomic mass is 19.4. The van der Waals surface area contributed by atoms with Gasteiger partial charge in [-0.2, -0.15) is 13.2 Å². The molecule has 1 amide bonds. The van der Waals surface area contributed by atoms with Crippen molar-refractivity contribution in [3.05, 3.63) is 65.6 Å². The van der Waals surface area contributed by atoms with Crippen LogP contribution in [0, 0.1) is 6.92 Å². The lowest BCUT2D eigenvalue weighted by atomic mass is 10.1. The van der Waals surface area contributed by atoms with Gasteiger partial charge in [0.25, 0.3) is 5.91 Å². The summed E-state index contributed by atoms with van der Waals surface area (Å²) in [6.07, 6.45) is 0.385. The summed E-state index contributed by atoms with van der Waals surface area (Å²) in [6, 6.07) is 8.45. The number of aromatic nitrogens is 4. The van der Waals surface area contributed by atoms with Crippen molar-refractivity contribution in [2.75, 3.05) is 42.9 Å². The third-order valence-corrected chi connectivity index (χ3v) is 6.87. The molecule has 5 rings (SSSR count). The van der Waals surface area contributed by atoms with Gasteiger partial charge in [0.15, 0.2) is 5.82 Å². The zero-order valence-electron chi connectivity index (χ0n) is 22.6. The number of carbonyl (C=O) groups excluding carboxylic acids is 1. The van der Waals surface area contributed by atoms with E-state index in [0.29, 0.717) is 35.1 Å². The third-order valence-electron chi connectivity index (χ3n) is 6.87. The van der Waals surface area contributed by atoms with E-state index in [9.17, 15) is 18.0 Å². The minimum absolute atomic E-state index is 0.0158. The van der Waals surface area contributed by atoms with Crippen LogP contribution in [0.25, 0.3) is 11.0 Å². The monoisotopic (exact) mass is 567 g/mol. The van der Waals surface area contributed by atoms with E-state index < -0.39 is 17.6 Å². The van der Waals surface area contributed by atoms with Crippen molar-refractivity contribution in [3.63, 3.8) is 0 Å². The van der Waals surface area contributed by atoms with Crippen LogP contribution in [0.5, 0.6) is 5.75 Å². The minimum Gasteiger partial charge on any atom is -0.496 e. The zero-order chi connectivity index (χ0) is 29.1. The normalized spacial score (nSPS) is 15.3. The first-order chi connectivity index (χ1) is 19.7. The lowest BCUT2D eigenvalue weighted by molar-refractivity contribution is -0.138. The first kappa shape index (κ1) is 28.0. The Morgan fingerprint density at radius 1 is 1.12 bits per heavy atom. The van der Waals surface area contributed by atoms with Gasteiger partial charge in [0.1, 0.15) is 23.1 Å². The first-order valence-electron chi connectivity index (χ1n) is 12.9. The van der Waals surface area contributed by atoms with Crippen LogP contribution in [0.3, 0.4) is 0 Å². The number of nitrogens with one attached hydrogen (secondary N) is 2. The molecule has 0 bridgehead atoms. The number of ether oxygens (including phenoxy) is 2. The summed E-state index contributed by atoms with van der Waals surface area (Å²) in [5.41, 5.74) is 1.66. The molecule has 1 fully saturated rings. The summed E-state index contributed by atoms with van der Waals surface area (Å²) in [7, 11) is 2.82. The van der Waals surface area contributed by atoms with Crippen LogP contribution in [-0.2, 0) is 10.9 Å². The summed E-state index contributed by atoms with van der Waals surface area (Å²) in [4.78, 5) is 33.1. The molecule has 1 saturated heterocycles. The van der Waals surface area contributed by atoms with Crippen molar-refractivity contribution in [3.8, 4) is 5.75 Å². The summed E-state index contributed by atoms with van der Waals surface area (Å²) in [5, 5.41) is 5.77. The first-order valence-corrected chi connectivity index (χ1v) is 12.9. The molecular formula is C28H28F3N7O3. The molecule has 4 aromatic rings. The Labute approximate surface area is 233 Å². The standard InChI is InChI=1S/C28H28F3N7O3/c1-16-6-7-17(26(39)35-18-8-9-23(41-3)20(12-18)28(29,30)31)11-21(16)36-25-24-22(33-15-34-25)13-32-27(37-24)38-10-4-5-19(38)14-40-2/h6-9,11-13,15,19H,4-5,10,14H2,1-3H3,(H,35,39)(H,33,34,36)/t19-/m0/s1. The maximum Gasteiger partial charge on any atom is 0.420 e. The number of hydrogen-bond donors (Lipinski definition) is 2. The molecule has 0 radical (unpaired) electrons. The second-order valence-electron chi connectivity index (χ2n) is 9.59. The maximum absolute atomic E-state index is 13.4. The molecule has 1 atom stereocenters. The van der Waals surface area contributed by atoms with E-state index in [-0.39, 0.29) is 23.0 Å². The van der Waals surface area contributed by atoms with Gasteiger partial charge in [-0.3, -0.25) is 4.79 Å². The Morgan fingerprint density at radius 3 is 2.71 bits per heavy atom. The van der Waals surface area contributed by atoms with Gasteiger partial charge in [0.2, 0.25) is 5.95 Å². The second kappa shape index (κ2) is 11.5. The third kappa shape index (κ3) is 5.99. The number of halogens is 3. The van der Waals surface area contributed by atoms with Crippen LogP contribution in [0.2, 0.25) is 0 Å². The minimum atomic E-state index is -4.64. The number of rotatable bonds is 8. The van der Waals surface area contributed by atoms with Crippen LogP contribution in [-0.4, -0.2) is 59.3 Å². The van der Waals surface area contributed by atoms with Gasteiger partial charge in [-0.25, -0.2) is 19.9 Å². The highest BCUT2D eigenvalue weighted by Crippen LogP contribution is 2.38. The van der Waals surface area contributed by atoms with E-state index in [1.54, 1.807) is 31.5 Å². The highest BCUT2D eigenvalue weighted by molar-refractivity contribution is 6.05. The van der Waals surface area contributed by atoms with Crippen molar-refractivity contribution in [2.24, 2.45) is 0 Å². The Bertz CT molecular complexity index is 1580. The van der Waals surface area contributed by atoms with Crippen LogP contribution < -0.4 is 20.3 Å². The Hall–Kier alpha value is -4.52. The van der Waals surface area contributed by atoms with Crippen molar-refractivity contribution in [2.45, 2.75) is 32.0 Å². The Morgan fingerprint density at radius 2 is 1.95 bits per heavy atom. The number of aryl methyl sites for hydroxylation is 1. The molecule has 2 aromatic carbocycles.